The van der Waals surface area contributed by atoms with Gasteiger partial charge in [0.05, 0.1) is 13.1 Å². The maximum Gasteiger partial charge on any atom is 1.00 e. The van der Waals surface area contributed by atoms with Crippen LogP contribution in [-0.2, 0) is 38.7 Å². The van der Waals surface area contributed by atoms with Crippen LogP contribution in [0.1, 0.15) is 22.3 Å². The number of methoxy groups -OCH3 is 2. The van der Waals surface area contributed by atoms with Crippen molar-refractivity contribution in [1.82, 2.24) is 0 Å². The molecule has 0 aliphatic heterocycles. The van der Waals surface area contributed by atoms with E-state index in [1.165, 1.54) is 20.3 Å². The molecule has 4 rings (SSSR count). The predicted octanol–water partition coefficient (Wildman–Crippen LogP) is -2.42. The Bertz CT molecular complexity index is 1410. The molecule has 8 nitrogen and oxygen atoms in total. The van der Waals surface area contributed by atoms with Gasteiger partial charge in [-0.2, -0.15) is 0 Å². The van der Waals surface area contributed by atoms with Gasteiger partial charge in [0.15, 0.2) is 0 Å². The van der Waals surface area contributed by atoms with E-state index in [2.05, 4.69) is 0 Å². The molecule has 0 bridgehead atoms. The van der Waals surface area contributed by atoms with Crippen molar-refractivity contribution >= 4 is 18.0 Å². The number of hydrogen-bond donors (Lipinski definition) is 0. The first kappa shape index (κ1) is 38.9. The van der Waals surface area contributed by atoms with Crippen molar-refractivity contribution in [2.75, 3.05) is 14.2 Å². The van der Waals surface area contributed by atoms with Crippen molar-refractivity contribution in [3.63, 3.8) is 0 Å². The fraction of sp³-hybridized carbons (Fsp3) is 0.176. The summed E-state index contributed by atoms with van der Waals surface area (Å²) in [5.74, 6) is -1.31. The minimum atomic E-state index is -1.35. The van der Waals surface area contributed by atoms with Gasteiger partial charge in [-0.1, -0.05) is 84.9 Å². The Morgan fingerprint density at radius 1 is 0.659 bits per heavy atom. The van der Waals surface area contributed by atoms with Gasteiger partial charge in [-0.15, -0.1) is 0 Å². The van der Waals surface area contributed by atoms with Crippen LogP contribution in [0.25, 0.3) is 6.08 Å². The van der Waals surface area contributed by atoms with Crippen LogP contribution in [0.4, 0.5) is 0 Å². The molecule has 0 N–H and O–H groups in total. The minimum absolute atomic E-state index is 0. The number of hydrogen-bond acceptors (Lipinski definition) is 8. The molecule has 0 saturated carbocycles. The van der Waals surface area contributed by atoms with Crippen molar-refractivity contribution < 1.29 is 97.9 Å². The van der Waals surface area contributed by atoms with Gasteiger partial charge in [-0.05, 0) is 52.6 Å². The molecular weight excluding hydrogens is 582 g/mol. The third kappa shape index (κ3) is 14.1. The summed E-state index contributed by atoms with van der Waals surface area (Å²) in [6.45, 7) is 0.984. The van der Waals surface area contributed by atoms with Crippen molar-refractivity contribution in [2.45, 2.75) is 25.7 Å². The number of ether oxygens (including phenoxy) is 4. The summed E-state index contributed by atoms with van der Waals surface area (Å²) < 4.78 is 20.9. The van der Waals surface area contributed by atoms with E-state index in [9.17, 15) is 19.8 Å². The zero-order chi connectivity index (χ0) is 30.2. The minimum Gasteiger partial charge on any atom is -0.547 e. The summed E-state index contributed by atoms with van der Waals surface area (Å²) in [5.41, 5.74) is 3.74. The summed E-state index contributed by atoms with van der Waals surface area (Å²) in [6.07, 6.45) is 0.745. The third-order valence-corrected chi connectivity index (χ3v) is 5.99. The molecule has 0 fully saturated rings. The van der Waals surface area contributed by atoms with Crippen LogP contribution in [0, 0.1) is 0 Å². The Labute approximate surface area is 302 Å². The fourth-order valence-electron chi connectivity index (χ4n) is 3.69. The Kier molecular flexibility index (Phi) is 19.1. The molecule has 0 heterocycles. The van der Waals surface area contributed by atoms with E-state index >= 15 is 0 Å². The van der Waals surface area contributed by atoms with E-state index in [1.807, 2.05) is 84.9 Å². The zero-order valence-electron chi connectivity index (χ0n) is 25.4. The van der Waals surface area contributed by atoms with Gasteiger partial charge in [0.2, 0.25) is 0 Å². The third-order valence-electron chi connectivity index (χ3n) is 5.99. The van der Waals surface area contributed by atoms with E-state index in [0.29, 0.717) is 24.5 Å². The number of aliphatic carboxylic acids is 2. The molecule has 1 atom stereocenters. The molecule has 1 unspecified atom stereocenters. The maximum atomic E-state index is 10.8. The van der Waals surface area contributed by atoms with Crippen molar-refractivity contribution in [3.8, 4) is 11.5 Å². The molecule has 0 aliphatic rings. The van der Waals surface area contributed by atoms with Crippen LogP contribution in [0.3, 0.4) is 0 Å². The zero-order valence-corrected chi connectivity index (χ0v) is 29.4. The first-order valence-electron chi connectivity index (χ1n) is 13.1. The Balaban J connectivity index is 0.000000421. The summed E-state index contributed by atoms with van der Waals surface area (Å²) in [4.78, 5) is 21.5. The van der Waals surface area contributed by atoms with E-state index in [4.69, 9.17) is 18.9 Å². The number of carbonyl (C=O) groups excluding carboxylic acids is 2. The number of rotatable bonds is 13. The molecule has 4 aromatic carbocycles. The molecule has 0 aromatic heterocycles. The Morgan fingerprint density at radius 3 is 1.50 bits per heavy atom. The van der Waals surface area contributed by atoms with Crippen molar-refractivity contribution in [3.05, 3.63) is 137 Å². The number of carboxylic acid groups (broad SMARTS) is 2. The first-order chi connectivity index (χ1) is 20.4. The van der Waals surface area contributed by atoms with E-state index in [0.717, 1.165) is 22.4 Å². The van der Waals surface area contributed by atoms with Crippen LogP contribution in [0.2, 0.25) is 0 Å². The summed E-state index contributed by atoms with van der Waals surface area (Å²) in [5, 5.41) is 21.5. The topological polar surface area (TPSA) is 117 Å². The molecular formula is C34H32Na2O8. The molecule has 4 aromatic rings. The van der Waals surface area contributed by atoms with Gasteiger partial charge in [0.1, 0.15) is 42.5 Å². The van der Waals surface area contributed by atoms with Crippen LogP contribution in [-0.4, -0.2) is 32.3 Å². The monoisotopic (exact) mass is 614 g/mol. The van der Waals surface area contributed by atoms with E-state index < -0.39 is 18.0 Å². The van der Waals surface area contributed by atoms with Gasteiger partial charge >= 0.3 is 59.1 Å². The molecule has 0 radical (unpaired) electrons. The number of carbonyl (C=O) groups is 2. The average molecular weight is 615 g/mol. The van der Waals surface area contributed by atoms with Crippen molar-refractivity contribution in [1.29, 1.82) is 0 Å². The van der Waals surface area contributed by atoms with Crippen LogP contribution in [0.5, 0.6) is 11.5 Å². The molecule has 44 heavy (non-hydrogen) atoms. The van der Waals surface area contributed by atoms with E-state index in [-0.39, 0.29) is 71.3 Å². The van der Waals surface area contributed by atoms with Crippen LogP contribution in [0.15, 0.2) is 115 Å². The van der Waals surface area contributed by atoms with Gasteiger partial charge in [-0.25, -0.2) is 0 Å². The van der Waals surface area contributed by atoms with Gasteiger partial charge < -0.3 is 38.7 Å². The average Bonchev–Trinajstić information content (AvgIpc) is 3.02. The first-order valence-corrected chi connectivity index (χ1v) is 13.1. The molecule has 218 valence electrons. The second-order valence-electron chi connectivity index (χ2n) is 9.01. The standard InChI is InChI=1S/C17H18O4.C17H16O4.2Na/c2*1-20-16(17(18)19)11-13-7-9-15(10-8-13)21-12-14-5-3-2-4-6-14;;/h2-10,16H,11-12H2,1H3,(H,18,19);2-11H,12H2,1H3,(H,18,19);;/q;;2*+1/p-2. The van der Waals surface area contributed by atoms with Crippen LogP contribution >= 0.6 is 0 Å². The van der Waals surface area contributed by atoms with Crippen molar-refractivity contribution in [2.24, 2.45) is 0 Å². The van der Waals surface area contributed by atoms with Gasteiger partial charge in [-0.3, -0.25) is 0 Å². The smallest absolute Gasteiger partial charge is 0.547 e. The van der Waals surface area contributed by atoms with Crippen LogP contribution < -0.4 is 78.8 Å². The summed E-state index contributed by atoms with van der Waals surface area (Å²) in [7, 11) is 2.65. The molecule has 0 aliphatic carbocycles. The molecule has 0 spiro atoms. The fourth-order valence-corrected chi connectivity index (χ4v) is 3.69. The summed E-state index contributed by atoms with van der Waals surface area (Å²) in [6, 6.07) is 34.1. The largest absolute Gasteiger partial charge is 1.00 e. The maximum absolute atomic E-state index is 10.8. The SMILES string of the molecule is COC(=Cc1ccc(OCc2ccccc2)cc1)C(=O)[O-].COC(Cc1ccc(OCc2ccccc2)cc1)C(=O)[O-].[Na+].[Na+]. The molecule has 0 saturated heterocycles. The Hall–Kier alpha value is -3.08. The van der Waals surface area contributed by atoms with Gasteiger partial charge in [0, 0.05) is 13.5 Å². The number of benzene rings is 4. The van der Waals surface area contributed by atoms with E-state index in [1.54, 1.807) is 24.3 Å². The normalized spacial score (nSPS) is 10.9. The quantitative estimate of drug-likeness (QED) is 0.0929. The second kappa shape index (κ2) is 21.6. The Morgan fingerprint density at radius 2 is 1.11 bits per heavy atom. The molecule has 10 heteroatoms. The second-order valence-corrected chi connectivity index (χ2v) is 9.01. The van der Waals surface area contributed by atoms with Gasteiger partial charge in [0.25, 0.3) is 0 Å². The predicted molar refractivity (Wildman–Crippen MR) is 154 cm³/mol. The number of carboxylic acids is 2. The summed E-state index contributed by atoms with van der Waals surface area (Å²) >= 11 is 0. The molecule has 0 amide bonds.